The molecule has 2 aromatic rings. The smallest absolute Gasteiger partial charge is 0.227 e. The van der Waals surface area contributed by atoms with Crippen molar-refractivity contribution >= 4 is 5.91 Å². The van der Waals surface area contributed by atoms with Gasteiger partial charge in [0.05, 0.1) is 18.7 Å². The Bertz CT molecular complexity index is 1010. The van der Waals surface area contributed by atoms with E-state index in [2.05, 4.69) is 17.9 Å². The average molecular weight is 388 g/mol. The molecule has 1 aliphatic carbocycles. The fourth-order valence-corrected chi connectivity index (χ4v) is 4.08. The lowest BCUT2D eigenvalue weighted by Gasteiger charge is -2.53. The summed E-state index contributed by atoms with van der Waals surface area (Å²) in [5, 5.41) is 19.5. The van der Waals surface area contributed by atoms with Crippen LogP contribution >= 0.6 is 0 Å². The van der Waals surface area contributed by atoms with E-state index in [-0.39, 0.29) is 36.2 Å². The van der Waals surface area contributed by atoms with Crippen molar-refractivity contribution in [1.29, 1.82) is 5.26 Å². The Labute approximate surface area is 169 Å². The molecular formula is C24H21FN2O2. The molecule has 1 amide bonds. The molecule has 1 saturated carbocycles. The minimum Gasteiger partial charge on any atom is -0.394 e. The van der Waals surface area contributed by atoms with E-state index in [4.69, 9.17) is 0 Å². The molecule has 3 atom stereocenters. The highest BCUT2D eigenvalue weighted by atomic mass is 19.1. The van der Waals surface area contributed by atoms with Gasteiger partial charge in [0.15, 0.2) is 0 Å². The van der Waals surface area contributed by atoms with E-state index in [9.17, 15) is 19.6 Å². The molecule has 146 valence electrons. The van der Waals surface area contributed by atoms with Crippen molar-refractivity contribution < 1.29 is 14.3 Å². The summed E-state index contributed by atoms with van der Waals surface area (Å²) in [6, 6.07) is 14.9. The summed E-state index contributed by atoms with van der Waals surface area (Å²) < 4.78 is 13.2. The first-order chi connectivity index (χ1) is 14.1. The fraction of sp³-hybridized carbons (Fsp3) is 0.333. The zero-order chi connectivity index (χ0) is 20.4. The highest BCUT2D eigenvalue weighted by molar-refractivity contribution is 5.82. The summed E-state index contributed by atoms with van der Waals surface area (Å²) in [6.45, 7) is -0.164. The molecule has 0 unspecified atom stereocenters. The highest BCUT2D eigenvalue weighted by Gasteiger charge is 2.53. The molecular weight excluding hydrogens is 367 g/mol. The third-order valence-electron chi connectivity index (χ3n) is 5.91. The molecule has 1 saturated heterocycles. The third kappa shape index (κ3) is 3.62. The number of halogens is 1. The Morgan fingerprint density at radius 2 is 1.86 bits per heavy atom. The number of aliphatic hydroxyl groups is 1. The SMILES string of the molecule is N#C[C@H]1[C@H](c2ccc(C#Cc3cccc(F)c3)cc2)[C@@H](CO)N1C(=O)C1CCC1. The monoisotopic (exact) mass is 388 g/mol. The summed E-state index contributed by atoms with van der Waals surface area (Å²) in [7, 11) is 0. The van der Waals surface area contributed by atoms with E-state index in [0.717, 1.165) is 30.4 Å². The van der Waals surface area contributed by atoms with Gasteiger partial charge in [-0.25, -0.2) is 4.39 Å². The normalized spacial score (nSPS) is 23.2. The van der Waals surface area contributed by atoms with Gasteiger partial charge in [0.25, 0.3) is 0 Å². The number of likely N-dealkylation sites (tertiary alicyclic amines) is 1. The summed E-state index contributed by atoms with van der Waals surface area (Å²) in [5.74, 6) is 5.40. The summed E-state index contributed by atoms with van der Waals surface area (Å²) in [6.07, 6.45) is 2.79. The van der Waals surface area contributed by atoms with Crippen LogP contribution in [0.2, 0.25) is 0 Å². The van der Waals surface area contributed by atoms with Gasteiger partial charge in [-0.15, -0.1) is 0 Å². The molecule has 2 aliphatic rings. The van der Waals surface area contributed by atoms with E-state index >= 15 is 0 Å². The Kier molecular flexibility index (Phi) is 5.34. The van der Waals surface area contributed by atoms with Gasteiger partial charge in [0.2, 0.25) is 5.91 Å². The largest absolute Gasteiger partial charge is 0.394 e. The molecule has 0 aromatic heterocycles. The van der Waals surface area contributed by atoms with Gasteiger partial charge >= 0.3 is 0 Å². The number of carbonyl (C=O) groups excluding carboxylic acids is 1. The molecule has 1 aliphatic heterocycles. The van der Waals surface area contributed by atoms with Crippen molar-refractivity contribution in [2.45, 2.75) is 37.3 Å². The van der Waals surface area contributed by atoms with Crippen LogP contribution in [0.25, 0.3) is 0 Å². The second-order valence-electron chi connectivity index (χ2n) is 7.61. The van der Waals surface area contributed by atoms with Crippen LogP contribution in [-0.4, -0.2) is 34.6 Å². The average Bonchev–Trinajstić information content (AvgIpc) is 2.66. The lowest BCUT2D eigenvalue weighted by molar-refractivity contribution is -0.154. The van der Waals surface area contributed by atoms with Crippen LogP contribution in [0.4, 0.5) is 4.39 Å². The quantitative estimate of drug-likeness (QED) is 0.822. The topological polar surface area (TPSA) is 64.3 Å². The lowest BCUT2D eigenvalue weighted by Crippen LogP contribution is -2.66. The molecule has 5 heteroatoms. The maximum atomic E-state index is 13.2. The summed E-state index contributed by atoms with van der Waals surface area (Å²) >= 11 is 0. The number of amides is 1. The molecule has 29 heavy (non-hydrogen) atoms. The first kappa shape index (κ1) is 19.2. The Balaban J connectivity index is 1.51. The second-order valence-corrected chi connectivity index (χ2v) is 7.61. The predicted octanol–water partition coefficient (Wildman–Crippen LogP) is 3.20. The van der Waals surface area contributed by atoms with E-state index in [1.54, 1.807) is 17.0 Å². The van der Waals surface area contributed by atoms with Gasteiger partial charge in [-0.2, -0.15) is 5.26 Å². The van der Waals surface area contributed by atoms with Crippen molar-refractivity contribution in [2.24, 2.45) is 5.92 Å². The number of rotatable bonds is 3. The minimum atomic E-state index is -0.551. The second kappa shape index (κ2) is 8.07. The minimum absolute atomic E-state index is 0.00123. The van der Waals surface area contributed by atoms with E-state index < -0.39 is 6.04 Å². The number of aliphatic hydroxyl groups excluding tert-OH is 1. The molecule has 1 N–H and O–H groups in total. The maximum Gasteiger partial charge on any atom is 0.227 e. The molecule has 4 rings (SSSR count). The number of hydrogen-bond donors (Lipinski definition) is 1. The zero-order valence-corrected chi connectivity index (χ0v) is 15.9. The van der Waals surface area contributed by atoms with Crippen LogP contribution in [0.3, 0.4) is 0 Å². The molecule has 2 fully saturated rings. The van der Waals surface area contributed by atoms with Crippen molar-refractivity contribution in [3.8, 4) is 17.9 Å². The van der Waals surface area contributed by atoms with Crippen molar-refractivity contribution in [3.63, 3.8) is 0 Å². The zero-order valence-electron chi connectivity index (χ0n) is 15.9. The fourth-order valence-electron chi connectivity index (χ4n) is 4.08. The van der Waals surface area contributed by atoms with Crippen LogP contribution in [0.15, 0.2) is 48.5 Å². The number of hydrogen-bond acceptors (Lipinski definition) is 3. The van der Waals surface area contributed by atoms with Crippen LogP contribution in [0.5, 0.6) is 0 Å². The Hall–Kier alpha value is -3.15. The van der Waals surface area contributed by atoms with Crippen molar-refractivity contribution in [2.75, 3.05) is 6.61 Å². The van der Waals surface area contributed by atoms with Crippen molar-refractivity contribution in [1.82, 2.24) is 4.90 Å². The third-order valence-corrected chi connectivity index (χ3v) is 5.91. The van der Waals surface area contributed by atoms with Crippen LogP contribution in [-0.2, 0) is 4.79 Å². The molecule has 0 bridgehead atoms. The lowest BCUT2D eigenvalue weighted by atomic mass is 9.73. The van der Waals surface area contributed by atoms with Crippen LogP contribution in [0.1, 0.15) is 41.9 Å². The van der Waals surface area contributed by atoms with E-state index in [1.165, 1.54) is 12.1 Å². The summed E-state index contributed by atoms with van der Waals surface area (Å²) in [5.41, 5.74) is 2.28. The number of nitrogens with zero attached hydrogens (tertiary/aromatic N) is 2. The van der Waals surface area contributed by atoms with Gasteiger partial charge in [-0.1, -0.05) is 36.5 Å². The molecule has 4 nitrogen and oxygen atoms in total. The predicted molar refractivity (Wildman–Crippen MR) is 106 cm³/mol. The molecule has 0 spiro atoms. The highest BCUT2D eigenvalue weighted by Crippen LogP contribution is 2.43. The van der Waals surface area contributed by atoms with Gasteiger partial charge in [0.1, 0.15) is 11.9 Å². The van der Waals surface area contributed by atoms with Gasteiger partial charge in [0, 0.05) is 23.0 Å². The standard InChI is InChI=1S/C24H21FN2O2/c25-20-6-1-3-17(13-20)8-7-16-9-11-18(12-10-16)23-21(14-26)27(22(23)15-28)24(29)19-4-2-5-19/h1,3,6,9-13,19,21-23,28H,2,4-5,15H2/t21-,22+,23-/m0/s1. The first-order valence-electron chi connectivity index (χ1n) is 9.82. The number of benzene rings is 2. The number of nitriles is 1. The maximum absolute atomic E-state index is 13.2. The van der Waals surface area contributed by atoms with Crippen LogP contribution in [0, 0.1) is 34.9 Å². The first-order valence-corrected chi connectivity index (χ1v) is 9.82. The van der Waals surface area contributed by atoms with E-state index in [0.29, 0.717) is 5.56 Å². The summed E-state index contributed by atoms with van der Waals surface area (Å²) in [4.78, 5) is 14.2. The Morgan fingerprint density at radius 3 is 2.45 bits per heavy atom. The van der Waals surface area contributed by atoms with Crippen molar-refractivity contribution in [3.05, 3.63) is 71.0 Å². The van der Waals surface area contributed by atoms with Crippen LogP contribution < -0.4 is 0 Å². The molecule has 0 radical (unpaired) electrons. The van der Waals surface area contributed by atoms with Gasteiger partial charge < -0.3 is 10.0 Å². The number of carbonyl (C=O) groups is 1. The van der Waals surface area contributed by atoms with E-state index in [1.807, 2.05) is 24.3 Å². The van der Waals surface area contributed by atoms with Gasteiger partial charge in [-0.3, -0.25) is 4.79 Å². The molecule has 2 aromatic carbocycles. The van der Waals surface area contributed by atoms with Gasteiger partial charge in [-0.05, 0) is 48.7 Å². The Morgan fingerprint density at radius 1 is 1.14 bits per heavy atom. The molecule has 1 heterocycles.